The fourth-order valence-corrected chi connectivity index (χ4v) is 3.42. The molecule has 2 heterocycles. The van der Waals surface area contributed by atoms with Gasteiger partial charge in [-0.2, -0.15) is 4.98 Å². The maximum absolute atomic E-state index is 12.1. The van der Waals surface area contributed by atoms with Crippen molar-refractivity contribution in [1.82, 2.24) is 14.5 Å². The number of piperidine rings is 1. The lowest BCUT2D eigenvalue weighted by Crippen LogP contribution is -2.31. The fraction of sp³-hybridized carbons (Fsp3) is 0.412. The van der Waals surface area contributed by atoms with Crippen molar-refractivity contribution in [3.8, 4) is 0 Å². The zero-order chi connectivity index (χ0) is 16.2. The molecule has 0 bridgehead atoms. The third-order valence-corrected chi connectivity index (χ3v) is 4.68. The summed E-state index contributed by atoms with van der Waals surface area (Å²) in [5, 5.41) is 0. The molecule has 1 aliphatic rings. The van der Waals surface area contributed by atoms with E-state index < -0.39 is 0 Å². The van der Waals surface area contributed by atoms with Gasteiger partial charge in [0.15, 0.2) is 0 Å². The highest BCUT2D eigenvalue weighted by molar-refractivity contribution is 9.10. The second-order valence-electron chi connectivity index (χ2n) is 6.03. The predicted octanol–water partition coefficient (Wildman–Crippen LogP) is 2.62. The molecular formula is C17H21BrN4O. The van der Waals surface area contributed by atoms with Gasteiger partial charge >= 0.3 is 5.69 Å². The molecule has 6 heteroatoms. The van der Waals surface area contributed by atoms with Crippen LogP contribution in [-0.4, -0.2) is 27.5 Å². The summed E-state index contributed by atoms with van der Waals surface area (Å²) in [4.78, 5) is 18.5. The molecule has 0 amide bonds. The molecule has 122 valence electrons. The fourth-order valence-electron chi connectivity index (χ4n) is 2.97. The van der Waals surface area contributed by atoms with E-state index in [1.807, 2.05) is 30.5 Å². The molecule has 1 aromatic heterocycles. The number of benzene rings is 1. The van der Waals surface area contributed by atoms with Crippen molar-refractivity contribution in [2.24, 2.45) is 0 Å². The number of hydrogen-bond donors (Lipinski definition) is 1. The average molecular weight is 377 g/mol. The van der Waals surface area contributed by atoms with Gasteiger partial charge in [0.05, 0.1) is 6.54 Å². The number of nitrogen functional groups attached to an aromatic ring is 1. The molecule has 0 unspecified atom stereocenters. The summed E-state index contributed by atoms with van der Waals surface area (Å²) in [6, 6.07) is 7.93. The Morgan fingerprint density at radius 3 is 2.70 bits per heavy atom. The number of hydrogen-bond acceptors (Lipinski definition) is 4. The van der Waals surface area contributed by atoms with E-state index in [0.29, 0.717) is 12.4 Å². The highest BCUT2D eigenvalue weighted by Crippen LogP contribution is 2.16. The largest absolute Gasteiger partial charge is 0.383 e. The van der Waals surface area contributed by atoms with Gasteiger partial charge in [-0.05, 0) is 43.6 Å². The van der Waals surface area contributed by atoms with Gasteiger partial charge in [0, 0.05) is 22.8 Å². The molecule has 23 heavy (non-hydrogen) atoms. The summed E-state index contributed by atoms with van der Waals surface area (Å²) in [6.07, 6.45) is 5.61. The van der Waals surface area contributed by atoms with Crippen LogP contribution in [0.15, 0.2) is 39.7 Å². The van der Waals surface area contributed by atoms with Crippen molar-refractivity contribution < 1.29 is 0 Å². The monoisotopic (exact) mass is 376 g/mol. The van der Waals surface area contributed by atoms with Gasteiger partial charge in [-0.15, -0.1) is 0 Å². The van der Waals surface area contributed by atoms with E-state index in [4.69, 9.17) is 5.73 Å². The quantitative estimate of drug-likeness (QED) is 0.890. The number of aromatic nitrogens is 2. The van der Waals surface area contributed by atoms with Crippen LogP contribution < -0.4 is 11.4 Å². The minimum absolute atomic E-state index is 0.301. The van der Waals surface area contributed by atoms with Crippen LogP contribution in [0.25, 0.3) is 0 Å². The number of rotatable bonds is 4. The zero-order valence-electron chi connectivity index (χ0n) is 13.0. The first-order valence-electron chi connectivity index (χ1n) is 7.94. The Labute approximate surface area is 144 Å². The minimum atomic E-state index is -0.301. The molecule has 0 aliphatic carbocycles. The molecule has 0 spiro atoms. The lowest BCUT2D eigenvalue weighted by Gasteiger charge is -2.26. The van der Waals surface area contributed by atoms with E-state index in [2.05, 4.69) is 25.8 Å². The molecule has 0 atom stereocenters. The van der Waals surface area contributed by atoms with Crippen LogP contribution in [0, 0.1) is 0 Å². The highest BCUT2D eigenvalue weighted by atomic mass is 79.9. The van der Waals surface area contributed by atoms with E-state index in [0.717, 1.165) is 35.2 Å². The van der Waals surface area contributed by atoms with Crippen molar-refractivity contribution in [2.75, 3.05) is 18.8 Å². The summed E-state index contributed by atoms with van der Waals surface area (Å²) in [5.41, 5.74) is 7.65. The Morgan fingerprint density at radius 1 is 1.17 bits per heavy atom. The van der Waals surface area contributed by atoms with Crippen molar-refractivity contribution in [3.63, 3.8) is 0 Å². The molecule has 1 aliphatic heterocycles. The Hall–Kier alpha value is -1.66. The van der Waals surface area contributed by atoms with Gasteiger partial charge in [-0.3, -0.25) is 9.47 Å². The molecule has 2 aromatic rings. The molecule has 1 fully saturated rings. The maximum Gasteiger partial charge on any atom is 0.349 e. The van der Waals surface area contributed by atoms with Gasteiger partial charge in [0.2, 0.25) is 0 Å². The molecule has 2 N–H and O–H groups in total. The third-order valence-electron chi connectivity index (χ3n) is 4.19. The third kappa shape index (κ3) is 4.20. The highest BCUT2D eigenvalue weighted by Gasteiger charge is 2.14. The maximum atomic E-state index is 12.1. The van der Waals surface area contributed by atoms with E-state index >= 15 is 0 Å². The van der Waals surface area contributed by atoms with Gasteiger partial charge in [0.25, 0.3) is 0 Å². The Balaban J connectivity index is 1.82. The molecule has 0 radical (unpaired) electrons. The molecule has 1 saturated heterocycles. The van der Waals surface area contributed by atoms with Crippen LogP contribution in [0.5, 0.6) is 0 Å². The SMILES string of the molecule is Nc1nc(=O)n(Cc2cccc(Br)c2)cc1CN1CCCCC1. The summed E-state index contributed by atoms with van der Waals surface area (Å²) < 4.78 is 2.64. The normalized spacial score (nSPS) is 15.7. The van der Waals surface area contributed by atoms with Crippen molar-refractivity contribution in [1.29, 1.82) is 0 Å². The first-order chi connectivity index (χ1) is 11.1. The molecular weight excluding hydrogens is 356 g/mol. The van der Waals surface area contributed by atoms with Crippen LogP contribution in [0.1, 0.15) is 30.4 Å². The van der Waals surface area contributed by atoms with Crippen LogP contribution >= 0.6 is 15.9 Å². The minimum Gasteiger partial charge on any atom is -0.383 e. The summed E-state index contributed by atoms with van der Waals surface area (Å²) in [5.74, 6) is 0.353. The Bertz CT molecular complexity index is 738. The van der Waals surface area contributed by atoms with Crippen LogP contribution in [0.2, 0.25) is 0 Å². The standard InChI is InChI=1S/C17H21BrN4O/c18-15-6-4-5-13(9-15)10-22-12-14(16(19)20-17(22)23)11-21-7-2-1-3-8-21/h4-6,9,12H,1-3,7-8,10-11H2,(H2,19,20,23). The zero-order valence-corrected chi connectivity index (χ0v) is 14.6. The Kier molecular flexibility index (Phi) is 5.13. The van der Waals surface area contributed by atoms with E-state index in [-0.39, 0.29) is 5.69 Å². The van der Waals surface area contributed by atoms with Crippen molar-refractivity contribution in [3.05, 3.63) is 56.5 Å². The van der Waals surface area contributed by atoms with Gasteiger partial charge in [-0.1, -0.05) is 34.5 Å². The van der Waals surface area contributed by atoms with E-state index in [1.54, 1.807) is 4.57 Å². The molecule has 0 saturated carbocycles. The lowest BCUT2D eigenvalue weighted by atomic mass is 10.1. The second kappa shape index (κ2) is 7.27. The summed E-state index contributed by atoms with van der Waals surface area (Å²) in [6.45, 7) is 3.44. The van der Waals surface area contributed by atoms with Crippen molar-refractivity contribution in [2.45, 2.75) is 32.4 Å². The summed E-state index contributed by atoms with van der Waals surface area (Å²) in [7, 11) is 0. The van der Waals surface area contributed by atoms with Crippen LogP contribution in [-0.2, 0) is 13.1 Å². The van der Waals surface area contributed by atoms with Crippen LogP contribution in [0.3, 0.4) is 0 Å². The lowest BCUT2D eigenvalue weighted by molar-refractivity contribution is 0.220. The predicted molar refractivity (Wildman–Crippen MR) is 95.3 cm³/mol. The first-order valence-corrected chi connectivity index (χ1v) is 8.74. The van der Waals surface area contributed by atoms with Crippen molar-refractivity contribution >= 4 is 21.7 Å². The molecule has 3 rings (SSSR count). The number of likely N-dealkylation sites (tertiary alicyclic amines) is 1. The number of nitrogens with two attached hydrogens (primary N) is 1. The average Bonchev–Trinajstić information content (AvgIpc) is 2.53. The summed E-state index contributed by atoms with van der Waals surface area (Å²) >= 11 is 3.46. The topological polar surface area (TPSA) is 64.1 Å². The van der Waals surface area contributed by atoms with E-state index in [1.165, 1.54) is 19.3 Å². The molecule has 5 nitrogen and oxygen atoms in total. The van der Waals surface area contributed by atoms with E-state index in [9.17, 15) is 4.79 Å². The first kappa shape index (κ1) is 16.2. The van der Waals surface area contributed by atoms with Crippen LogP contribution in [0.4, 0.5) is 5.82 Å². The number of nitrogens with zero attached hydrogens (tertiary/aromatic N) is 3. The number of anilines is 1. The molecule has 1 aromatic carbocycles. The smallest absolute Gasteiger partial charge is 0.349 e. The second-order valence-corrected chi connectivity index (χ2v) is 6.94. The van der Waals surface area contributed by atoms with Gasteiger partial charge < -0.3 is 5.73 Å². The van der Waals surface area contributed by atoms with Gasteiger partial charge in [-0.25, -0.2) is 4.79 Å². The Morgan fingerprint density at radius 2 is 1.96 bits per heavy atom. The van der Waals surface area contributed by atoms with Gasteiger partial charge in [0.1, 0.15) is 5.82 Å². The number of halogens is 1.